The van der Waals surface area contributed by atoms with Gasteiger partial charge in [-0.25, -0.2) is 4.79 Å². The van der Waals surface area contributed by atoms with E-state index in [2.05, 4.69) is 0 Å². The van der Waals surface area contributed by atoms with E-state index in [0.717, 1.165) is 19.3 Å². The highest BCUT2D eigenvalue weighted by atomic mass is 16.4. The molecule has 0 amide bonds. The first-order chi connectivity index (χ1) is 7.18. The number of hydrogen-bond acceptors (Lipinski definition) is 3. The lowest BCUT2D eigenvalue weighted by Crippen LogP contribution is -2.16. The monoisotopic (exact) mass is 208 g/mol. The van der Waals surface area contributed by atoms with Gasteiger partial charge in [0.05, 0.1) is 5.92 Å². The van der Waals surface area contributed by atoms with E-state index < -0.39 is 5.97 Å². The average molecular weight is 208 g/mol. The van der Waals surface area contributed by atoms with Crippen LogP contribution >= 0.6 is 0 Å². The molecule has 1 aliphatic rings. The van der Waals surface area contributed by atoms with Gasteiger partial charge in [-0.3, -0.25) is 4.79 Å². The van der Waals surface area contributed by atoms with Crippen LogP contribution in [0.2, 0.25) is 0 Å². The van der Waals surface area contributed by atoms with Gasteiger partial charge in [-0.05, 0) is 25.0 Å². The van der Waals surface area contributed by atoms with E-state index in [4.69, 9.17) is 9.52 Å². The molecule has 0 radical (unpaired) electrons. The molecule has 1 aromatic rings. The molecule has 0 aliphatic heterocycles. The first kappa shape index (κ1) is 9.96. The highest BCUT2D eigenvalue weighted by Gasteiger charge is 2.27. The Morgan fingerprint density at radius 3 is 2.80 bits per heavy atom. The van der Waals surface area contributed by atoms with Gasteiger partial charge in [0.15, 0.2) is 0 Å². The fraction of sp³-hybridized carbons (Fsp3) is 0.455. The van der Waals surface area contributed by atoms with E-state index in [1.165, 1.54) is 6.07 Å². The number of ketones is 1. The summed E-state index contributed by atoms with van der Waals surface area (Å²) in [5.74, 6) is -0.760. The SMILES string of the molecule is O=C(O)c1ccc(C2CCCCC2=O)o1. The molecule has 0 bridgehead atoms. The summed E-state index contributed by atoms with van der Waals surface area (Å²) in [5.41, 5.74) is 0. The molecular formula is C11H12O4. The predicted molar refractivity (Wildman–Crippen MR) is 51.9 cm³/mol. The molecule has 4 heteroatoms. The van der Waals surface area contributed by atoms with Crippen molar-refractivity contribution in [3.05, 3.63) is 23.7 Å². The number of hydrogen-bond donors (Lipinski definition) is 1. The third-order valence-electron chi connectivity index (χ3n) is 2.74. The summed E-state index contributed by atoms with van der Waals surface area (Å²) in [5, 5.41) is 8.68. The molecule has 2 rings (SSSR count). The number of carboxylic acid groups (broad SMARTS) is 1. The first-order valence-corrected chi connectivity index (χ1v) is 5.04. The third kappa shape index (κ3) is 1.93. The molecule has 80 valence electrons. The number of Topliss-reactive ketones (excluding diaryl/α,β-unsaturated/α-hetero) is 1. The molecule has 0 aromatic carbocycles. The molecule has 1 heterocycles. The predicted octanol–water partition coefficient (Wildman–Crippen LogP) is 2.20. The lowest BCUT2D eigenvalue weighted by atomic mass is 9.86. The summed E-state index contributed by atoms with van der Waals surface area (Å²) in [6.07, 6.45) is 3.28. The molecule has 1 aromatic heterocycles. The van der Waals surface area contributed by atoms with Crippen LogP contribution in [-0.4, -0.2) is 16.9 Å². The van der Waals surface area contributed by atoms with Crippen LogP contribution < -0.4 is 0 Å². The fourth-order valence-electron chi connectivity index (χ4n) is 1.94. The molecule has 1 aliphatic carbocycles. The molecule has 4 nitrogen and oxygen atoms in total. The van der Waals surface area contributed by atoms with E-state index in [1.807, 2.05) is 0 Å². The average Bonchev–Trinajstić information content (AvgIpc) is 2.67. The van der Waals surface area contributed by atoms with E-state index in [-0.39, 0.29) is 17.5 Å². The van der Waals surface area contributed by atoms with Crippen molar-refractivity contribution in [2.75, 3.05) is 0 Å². The molecule has 15 heavy (non-hydrogen) atoms. The zero-order valence-corrected chi connectivity index (χ0v) is 8.23. The Bertz CT molecular complexity index is 391. The highest BCUT2D eigenvalue weighted by Crippen LogP contribution is 2.30. The van der Waals surface area contributed by atoms with Gasteiger partial charge in [0, 0.05) is 6.42 Å². The molecular weight excluding hydrogens is 196 g/mol. The maximum Gasteiger partial charge on any atom is 0.371 e. The van der Waals surface area contributed by atoms with Crippen LogP contribution in [-0.2, 0) is 4.79 Å². The summed E-state index contributed by atoms with van der Waals surface area (Å²) in [7, 11) is 0. The Hall–Kier alpha value is -1.58. The van der Waals surface area contributed by atoms with Gasteiger partial charge in [-0.1, -0.05) is 6.42 Å². The number of carbonyl (C=O) groups is 2. The van der Waals surface area contributed by atoms with E-state index in [9.17, 15) is 9.59 Å². The largest absolute Gasteiger partial charge is 0.475 e. The highest BCUT2D eigenvalue weighted by molar-refractivity contribution is 5.87. The zero-order chi connectivity index (χ0) is 10.8. The van der Waals surface area contributed by atoms with Crippen LogP contribution in [0.1, 0.15) is 47.9 Å². The minimum Gasteiger partial charge on any atom is -0.475 e. The van der Waals surface area contributed by atoms with Crippen LogP contribution in [0.5, 0.6) is 0 Å². The lowest BCUT2D eigenvalue weighted by Gasteiger charge is -2.17. The van der Waals surface area contributed by atoms with E-state index in [1.54, 1.807) is 6.07 Å². The van der Waals surface area contributed by atoms with E-state index >= 15 is 0 Å². The normalized spacial score (nSPS) is 21.6. The summed E-state index contributed by atoms with van der Waals surface area (Å²) in [4.78, 5) is 22.2. The van der Waals surface area contributed by atoms with Gasteiger partial charge in [0.2, 0.25) is 5.76 Å². The molecule has 1 atom stereocenters. The topological polar surface area (TPSA) is 67.5 Å². The maximum absolute atomic E-state index is 11.6. The minimum atomic E-state index is -1.09. The van der Waals surface area contributed by atoms with Gasteiger partial charge in [0.25, 0.3) is 0 Å². The number of rotatable bonds is 2. The summed E-state index contributed by atoms with van der Waals surface area (Å²) >= 11 is 0. The van der Waals surface area contributed by atoms with Gasteiger partial charge in [0.1, 0.15) is 11.5 Å². The van der Waals surface area contributed by atoms with Crippen molar-refractivity contribution in [1.29, 1.82) is 0 Å². The van der Waals surface area contributed by atoms with Crippen LogP contribution in [0, 0.1) is 0 Å². The van der Waals surface area contributed by atoms with Crippen LogP contribution in [0.15, 0.2) is 16.5 Å². The summed E-state index contributed by atoms with van der Waals surface area (Å²) in [6.45, 7) is 0. The van der Waals surface area contributed by atoms with Crippen molar-refractivity contribution < 1.29 is 19.1 Å². The fourth-order valence-corrected chi connectivity index (χ4v) is 1.94. The van der Waals surface area contributed by atoms with Crippen molar-refractivity contribution in [2.24, 2.45) is 0 Å². The van der Waals surface area contributed by atoms with Crippen molar-refractivity contribution in [1.82, 2.24) is 0 Å². The first-order valence-electron chi connectivity index (χ1n) is 5.04. The Labute approximate surface area is 86.9 Å². The number of carbonyl (C=O) groups excluding carboxylic acids is 1. The van der Waals surface area contributed by atoms with Gasteiger partial charge in [-0.2, -0.15) is 0 Å². The standard InChI is InChI=1S/C11H12O4/c12-8-4-2-1-3-7(8)9-5-6-10(15-9)11(13)14/h5-7H,1-4H2,(H,13,14). The van der Waals surface area contributed by atoms with Crippen LogP contribution in [0.3, 0.4) is 0 Å². The second-order valence-electron chi connectivity index (χ2n) is 3.77. The van der Waals surface area contributed by atoms with Crippen molar-refractivity contribution >= 4 is 11.8 Å². The quantitative estimate of drug-likeness (QED) is 0.809. The second kappa shape index (κ2) is 3.88. The molecule has 0 saturated heterocycles. The molecule has 1 saturated carbocycles. The van der Waals surface area contributed by atoms with E-state index in [0.29, 0.717) is 12.2 Å². The summed E-state index contributed by atoms with van der Waals surface area (Å²) in [6, 6.07) is 3.00. The minimum absolute atomic E-state index is 0.0941. The molecule has 1 N–H and O–H groups in total. The zero-order valence-electron chi connectivity index (χ0n) is 8.23. The van der Waals surface area contributed by atoms with Crippen molar-refractivity contribution in [3.8, 4) is 0 Å². The van der Waals surface area contributed by atoms with Gasteiger partial charge in [-0.15, -0.1) is 0 Å². The lowest BCUT2D eigenvalue weighted by molar-refractivity contribution is -0.122. The van der Waals surface area contributed by atoms with Gasteiger partial charge >= 0.3 is 5.97 Å². The van der Waals surface area contributed by atoms with Crippen LogP contribution in [0.4, 0.5) is 0 Å². The second-order valence-corrected chi connectivity index (χ2v) is 3.77. The van der Waals surface area contributed by atoms with Crippen molar-refractivity contribution in [3.63, 3.8) is 0 Å². The molecule has 1 unspecified atom stereocenters. The van der Waals surface area contributed by atoms with Crippen LogP contribution in [0.25, 0.3) is 0 Å². The molecule has 0 spiro atoms. The number of aromatic carboxylic acids is 1. The summed E-state index contributed by atoms with van der Waals surface area (Å²) < 4.78 is 5.13. The Balaban J connectivity index is 2.20. The number of carboxylic acids is 1. The van der Waals surface area contributed by atoms with Gasteiger partial charge < -0.3 is 9.52 Å². The number of furan rings is 1. The Kier molecular flexibility index (Phi) is 2.58. The Morgan fingerprint density at radius 1 is 1.40 bits per heavy atom. The molecule has 1 fully saturated rings. The smallest absolute Gasteiger partial charge is 0.371 e. The van der Waals surface area contributed by atoms with Crippen molar-refractivity contribution in [2.45, 2.75) is 31.6 Å². The maximum atomic E-state index is 11.6. The third-order valence-corrected chi connectivity index (χ3v) is 2.74. The Morgan fingerprint density at radius 2 is 2.20 bits per heavy atom.